The second-order valence-corrected chi connectivity index (χ2v) is 6.08. The number of fused-ring (bicyclic) bond motifs is 1. The molecular weight excluding hydrogens is 323 g/mol. The fourth-order valence-electron chi connectivity index (χ4n) is 2.80. The van der Waals surface area contributed by atoms with Gasteiger partial charge in [0.2, 0.25) is 0 Å². The van der Waals surface area contributed by atoms with Crippen molar-refractivity contribution in [1.29, 1.82) is 0 Å². The topological polar surface area (TPSA) is 40.5 Å². The molecule has 1 unspecified atom stereocenters. The number of alkyl halides is 1. The van der Waals surface area contributed by atoms with Gasteiger partial charge in [-0.3, -0.25) is 0 Å². The molecule has 3 atom stereocenters. The average Bonchev–Trinajstić information content (AvgIpc) is 2.71. The zero-order chi connectivity index (χ0) is 14.3. The molecule has 2 aromatic rings. The number of benzene rings is 2. The van der Waals surface area contributed by atoms with Gasteiger partial charge in [0.25, 0.3) is 0 Å². The Bertz CT molecular complexity index is 632. The molecule has 0 aliphatic heterocycles. The van der Waals surface area contributed by atoms with Crippen LogP contribution in [0.4, 0.5) is 4.39 Å². The van der Waals surface area contributed by atoms with Crippen molar-refractivity contribution in [2.75, 3.05) is 0 Å². The minimum absolute atomic E-state index is 0.000991. The lowest BCUT2D eigenvalue weighted by Crippen LogP contribution is -2.36. The third-order valence-corrected chi connectivity index (χ3v) is 4.38. The van der Waals surface area contributed by atoms with Crippen molar-refractivity contribution in [1.82, 2.24) is 0 Å². The normalized spacial score (nSPS) is 26.3. The van der Waals surface area contributed by atoms with Crippen LogP contribution in [0.2, 0.25) is 0 Å². The SMILES string of the molecule is O[C@@H](c1ccccc1)C1(F)Cc2cc(Br)ccc2[C@@H]1O. The maximum Gasteiger partial charge on any atom is 0.174 e. The molecule has 2 nitrogen and oxygen atoms in total. The van der Waals surface area contributed by atoms with E-state index < -0.39 is 17.9 Å². The molecule has 4 heteroatoms. The van der Waals surface area contributed by atoms with Crippen LogP contribution in [0, 0.1) is 0 Å². The van der Waals surface area contributed by atoms with E-state index in [1.165, 1.54) is 0 Å². The lowest BCUT2D eigenvalue weighted by molar-refractivity contribution is -0.0862. The monoisotopic (exact) mass is 336 g/mol. The van der Waals surface area contributed by atoms with Crippen LogP contribution in [-0.2, 0) is 6.42 Å². The van der Waals surface area contributed by atoms with Crippen molar-refractivity contribution >= 4 is 15.9 Å². The van der Waals surface area contributed by atoms with Gasteiger partial charge >= 0.3 is 0 Å². The van der Waals surface area contributed by atoms with E-state index in [9.17, 15) is 10.2 Å². The second-order valence-electron chi connectivity index (χ2n) is 5.16. The summed E-state index contributed by atoms with van der Waals surface area (Å²) in [6, 6.07) is 13.9. The van der Waals surface area contributed by atoms with Gasteiger partial charge in [-0.05, 0) is 28.8 Å². The quantitative estimate of drug-likeness (QED) is 0.881. The number of halogens is 2. The summed E-state index contributed by atoms with van der Waals surface area (Å²) in [5.74, 6) is 0. The summed E-state index contributed by atoms with van der Waals surface area (Å²) < 4.78 is 16.0. The van der Waals surface area contributed by atoms with E-state index in [0.29, 0.717) is 11.1 Å². The third kappa shape index (κ3) is 2.08. The summed E-state index contributed by atoms with van der Waals surface area (Å²) in [4.78, 5) is 0. The first-order valence-corrected chi connectivity index (χ1v) is 7.20. The Hall–Kier alpha value is -1.23. The summed E-state index contributed by atoms with van der Waals surface area (Å²) in [5.41, 5.74) is -0.347. The fraction of sp³-hybridized carbons (Fsp3) is 0.250. The average molecular weight is 337 g/mol. The van der Waals surface area contributed by atoms with E-state index in [1.54, 1.807) is 48.5 Å². The van der Waals surface area contributed by atoms with Gasteiger partial charge in [-0.15, -0.1) is 0 Å². The maximum atomic E-state index is 15.2. The minimum Gasteiger partial charge on any atom is -0.385 e. The van der Waals surface area contributed by atoms with E-state index in [1.807, 2.05) is 0 Å². The Morgan fingerprint density at radius 1 is 1.20 bits per heavy atom. The third-order valence-electron chi connectivity index (χ3n) is 3.89. The molecule has 0 fully saturated rings. The van der Waals surface area contributed by atoms with Crippen molar-refractivity contribution < 1.29 is 14.6 Å². The van der Waals surface area contributed by atoms with Gasteiger partial charge < -0.3 is 10.2 Å². The van der Waals surface area contributed by atoms with Crippen LogP contribution in [0.25, 0.3) is 0 Å². The van der Waals surface area contributed by atoms with Gasteiger partial charge in [0.05, 0.1) is 0 Å². The zero-order valence-electron chi connectivity index (χ0n) is 10.6. The Balaban J connectivity index is 1.99. The maximum absolute atomic E-state index is 15.2. The molecule has 0 amide bonds. The van der Waals surface area contributed by atoms with Crippen molar-refractivity contribution in [2.45, 2.75) is 24.3 Å². The molecule has 0 saturated carbocycles. The highest BCUT2D eigenvalue weighted by atomic mass is 79.9. The van der Waals surface area contributed by atoms with E-state index in [4.69, 9.17) is 0 Å². The number of hydrogen-bond acceptors (Lipinski definition) is 2. The van der Waals surface area contributed by atoms with Crippen molar-refractivity contribution in [3.05, 3.63) is 69.7 Å². The Labute approximate surface area is 125 Å². The highest BCUT2D eigenvalue weighted by molar-refractivity contribution is 9.10. The highest BCUT2D eigenvalue weighted by Gasteiger charge is 2.51. The van der Waals surface area contributed by atoms with Gasteiger partial charge in [-0.25, -0.2) is 4.39 Å². The molecule has 0 bridgehead atoms. The van der Waals surface area contributed by atoms with Gasteiger partial charge in [0.1, 0.15) is 12.2 Å². The Morgan fingerprint density at radius 2 is 1.90 bits per heavy atom. The predicted molar refractivity (Wildman–Crippen MR) is 78.0 cm³/mol. The Kier molecular flexibility index (Phi) is 3.40. The van der Waals surface area contributed by atoms with Crippen LogP contribution in [0.3, 0.4) is 0 Å². The first kappa shape index (κ1) is 13.7. The standard InChI is InChI=1S/C16H14BrFO2/c17-12-6-7-13-11(8-12)9-16(18,15(13)20)14(19)10-4-2-1-3-5-10/h1-8,14-15,19-20H,9H2/t14-,15-,16?/m0/s1. The molecule has 0 saturated heterocycles. The summed E-state index contributed by atoms with van der Waals surface area (Å²) in [5, 5.41) is 20.6. The number of aliphatic hydroxyl groups is 2. The molecule has 0 radical (unpaired) electrons. The number of rotatable bonds is 2. The summed E-state index contributed by atoms with van der Waals surface area (Å²) in [6.45, 7) is 0. The van der Waals surface area contributed by atoms with Gasteiger partial charge in [0.15, 0.2) is 5.67 Å². The molecular formula is C16H14BrFO2. The summed E-state index contributed by atoms with van der Waals surface area (Å²) >= 11 is 3.34. The molecule has 0 spiro atoms. The second kappa shape index (κ2) is 4.95. The van der Waals surface area contributed by atoms with E-state index in [2.05, 4.69) is 15.9 Å². The van der Waals surface area contributed by atoms with Crippen LogP contribution in [-0.4, -0.2) is 15.9 Å². The molecule has 1 aliphatic carbocycles. The van der Waals surface area contributed by atoms with E-state index >= 15 is 4.39 Å². The first-order chi connectivity index (χ1) is 9.52. The van der Waals surface area contributed by atoms with Crippen LogP contribution in [0.5, 0.6) is 0 Å². The van der Waals surface area contributed by atoms with Gasteiger partial charge in [-0.2, -0.15) is 0 Å². The summed E-state index contributed by atoms with van der Waals surface area (Å²) in [7, 11) is 0. The smallest absolute Gasteiger partial charge is 0.174 e. The predicted octanol–water partition coefficient (Wildman–Crippen LogP) is 3.48. The van der Waals surface area contributed by atoms with E-state index in [0.717, 1.165) is 10.0 Å². The van der Waals surface area contributed by atoms with Crippen LogP contribution in [0.1, 0.15) is 28.9 Å². The lowest BCUT2D eigenvalue weighted by atomic mass is 9.88. The van der Waals surface area contributed by atoms with Crippen molar-refractivity contribution in [2.24, 2.45) is 0 Å². The van der Waals surface area contributed by atoms with Crippen LogP contribution < -0.4 is 0 Å². The van der Waals surface area contributed by atoms with Gasteiger partial charge in [0, 0.05) is 10.9 Å². The molecule has 1 aliphatic rings. The van der Waals surface area contributed by atoms with Gasteiger partial charge in [-0.1, -0.05) is 52.3 Å². The van der Waals surface area contributed by atoms with Crippen molar-refractivity contribution in [3.8, 4) is 0 Å². The van der Waals surface area contributed by atoms with Crippen LogP contribution in [0.15, 0.2) is 53.0 Å². The minimum atomic E-state index is -2.09. The van der Waals surface area contributed by atoms with E-state index in [-0.39, 0.29) is 6.42 Å². The Morgan fingerprint density at radius 3 is 2.60 bits per heavy atom. The molecule has 20 heavy (non-hydrogen) atoms. The molecule has 2 N–H and O–H groups in total. The first-order valence-electron chi connectivity index (χ1n) is 6.40. The zero-order valence-corrected chi connectivity index (χ0v) is 12.2. The largest absolute Gasteiger partial charge is 0.385 e. The lowest BCUT2D eigenvalue weighted by Gasteiger charge is -2.29. The molecule has 0 aromatic heterocycles. The number of hydrogen-bond donors (Lipinski definition) is 2. The summed E-state index contributed by atoms with van der Waals surface area (Å²) in [6.07, 6.45) is -2.68. The highest BCUT2D eigenvalue weighted by Crippen LogP contribution is 2.49. The fourth-order valence-corrected chi connectivity index (χ4v) is 3.21. The van der Waals surface area contributed by atoms with Crippen molar-refractivity contribution in [3.63, 3.8) is 0 Å². The molecule has 0 heterocycles. The number of aliphatic hydroxyl groups excluding tert-OH is 2. The molecule has 104 valence electrons. The van der Waals surface area contributed by atoms with Crippen LogP contribution >= 0.6 is 15.9 Å². The molecule has 3 rings (SSSR count). The molecule has 2 aromatic carbocycles.